The van der Waals surface area contributed by atoms with Gasteiger partial charge in [0.05, 0.1) is 4.92 Å². The zero-order valence-corrected chi connectivity index (χ0v) is 14.4. The Morgan fingerprint density at radius 3 is 2.77 bits per heavy atom. The summed E-state index contributed by atoms with van der Waals surface area (Å²) < 4.78 is 6.81. The van der Waals surface area contributed by atoms with Crippen LogP contribution in [0.2, 0.25) is 5.02 Å². The number of esters is 1. The number of nitro groups is 1. The van der Waals surface area contributed by atoms with Crippen LogP contribution in [0.25, 0.3) is 6.08 Å². The fourth-order valence-corrected chi connectivity index (χ4v) is 2.63. The second-order valence-electron chi connectivity index (χ2n) is 5.50. The summed E-state index contributed by atoms with van der Waals surface area (Å²) in [7, 11) is 1.74. The van der Waals surface area contributed by atoms with Gasteiger partial charge in [-0.1, -0.05) is 11.6 Å². The van der Waals surface area contributed by atoms with E-state index in [1.165, 1.54) is 24.3 Å². The molecule has 0 saturated carbocycles. The Morgan fingerprint density at radius 1 is 1.42 bits per heavy atom. The lowest BCUT2D eigenvalue weighted by atomic mass is 10.2. The Hall–Kier alpha value is -3.44. The third kappa shape index (κ3) is 2.96. The van der Waals surface area contributed by atoms with Crippen LogP contribution in [0.1, 0.15) is 22.5 Å². The van der Waals surface area contributed by atoms with Crippen molar-refractivity contribution in [1.82, 2.24) is 4.57 Å². The van der Waals surface area contributed by atoms with Crippen molar-refractivity contribution in [3.8, 4) is 6.07 Å². The predicted octanol–water partition coefficient (Wildman–Crippen LogP) is 3.11. The van der Waals surface area contributed by atoms with Gasteiger partial charge in [-0.25, -0.2) is 9.79 Å². The number of aromatic nitrogens is 1. The van der Waals surface area contributed by atoms with E-state index in [0.29, 0.717) is 11.3 Å². The van der Waals surface area contributed by atoms with Crippen LogP contribution in [0.5, 0.6) is 0 Å². The minimum atomic E-state index is -0.681. The molecule has 0 aliphatic carbocycles. The maximum atomic E-state index is 12.1. The number of nitriles is 1. The van der Waals surface area contributed by atoms with Crippen LogP contribution in [0.3, 0.4) is 0 Å². The molecule has 0 saturated heterocycles. The number of rotatable bonds is 3. The third-order valence-electron chi connectivity index (χ3n) is 3.99. The molecule has 1 aromatic carbocycles. The van der Waals surface area contributed by atoms with Crippen molar-refractivity contribution in [2.45, 2.75) is 6.92 Å². The molecule has 8 nitrogen and oxygen atoms in total. The monoisotopic (exact) mass is 370 g/mol. The number of aliphatic imine (C=N–C) groups is 1. The number of cyclic esters (lactones) is 1. The van der Waals surface area contributed by atoms with Crippen LogP contribution in [-0.4, -0.2) is 21.4 Å². The quantitative estimate of drug-likeness (QED) is 0.356. The van der Waals surface area contributed by atoms with Crippen molar-refractivity contribution < 1.29 is 14.5 Å². The van der Waals surface area contributed by atoms with Gasteiger partial charge in [0.2, 0.25) is 5.90 Å². The van der Waals surface area contributed by atoms with Crippen LogP contribution >= 0.6 is 11.6 Å². The van der Waals surface area contributed by atoms with Gasteiger partial charge in [0, 0.05) is 24.4 Å². The standard InChI is InChI=1S/C17H11ClN4O4/c1-9-11(5-12(8-19)21(9)2)6-14-17(23)26-16(20-14)10-3-4-13(18)15(7-10)22(24)25/h3-7H,1-2H3/b14-6+. The molecule has 2 heterocycles. The number of hydrogen-bond donors (Lipinski definition) is 0. The van der Waals surface area contributed by atoms with E-state index in [9.17, 15) is 14.9 Å². The van der Waals surface area contributed by atoms with Crippen LogP contribution in [-0.2, 0) is 16.6 Å². The average Bonchev–Trinajstić information content (AvgIpc) is 3.10. The zero-order valence-electron chi connectivity index (χ0n) is 13.7. The first kappa shape index (κ1) is 17.4. The van der Waals surface area contributed by atoms with Gasteiger partial charge in [0.1, 0.15) is 16.8 Å². The van der Waals surface area contributed by atoms with E-state index in [1.54, 1.807) is 24.6 Å². The first-order chi connectivity index (χ1) is 12.3. The molecule has 0 N–H and O–H groups in total. The van der Waals surface area contributed by atoms with Crippen LogP contribution < -0.4 is 0 Å². The van der Waals surface area contributed by atoms with Gasteiger partial charge >= 0.3 is 5.97 Å². The topological polar surface area (TPSA) is 111 Å². The number of ether oxygens (including phenoxy) is 1. The highest BCUT2D eigenvalue weighted by Crippen LogP contribution is 2.28. The van der Waals surface area contributed by atoms with Crippen molar-refractivity contribution in [2.24, 2.45) is 12.0 Å². The van der Waals surface area contributed by atoms with Gasteiger partial charge in [-0.2, -0.15) is 5.26 Å². The van der Waals surface area contributed by atoms with Crippen LogP contribution in [0, 0.1) is 28.4 Å². The molecular weight excluding hydrogens is 360 g/mol. The molecule has 9 heteroatoms. The highest BCUT2D eigenvalue weighted by atomic mass is 35.5. The molecular formula is C17H11ClN4O4. The summed E-state index contributed by atoms with van der Waals surface area (Å²) in [6.07, 6.45) is 1.51. The largest absolute Gasteiger partial charge is 0.402 e. The van der Waals surface area contributed by atoms with Gasteiger partial charge in [-0.3, -0.25) is 10.1 Å². The number of halogens is 1. The molecule has 130 valence electrons. The Kier molecular flexibility index (Phi) is 4.32. The van der Waals surface area contributed by atoms with E-state index < -0.39 is 10.9 Å². The summed E-state index contributed by atoms with van der Waals surface area (Å²) in [6, 6.07) is 7.70. The fourth-order valence-electron chi connectivity index (χ4n) is 2.44. The summed E-state index contributed by atoms with van der Waals surface area (Å²) in [5.41, 5.74) is 1.88. The highest BCUT2D eigenvalue weighted by molar-refractivity contribution is 6.32. The number of carbonyl (C=O) groups excluding carboxylic acids is 1. The Labute approximate surface area is 152 Å². The fraction of sp³-hybridized carbons (Fsp3) is 0.118. The van der Waals surface area contributed by atoms with E-state index in [0.717, 1.165) is 5.69 Å². The predicted molar refractivity (Wildman–Crippen MR) is 93.6 cm³/mol. The molecule has 0 fully saturated rings. The van der Waals surface area contributed by atoms with E-state index in [-0.39, 0.29) is 27.9 Å². The molecule has 0 amide bonds. The van der Waals surface area contributed by atoms with Crippen LogP contribution in [0.4, 0.5) is 5.69 Å². The zero-order chi connectivity index (χ0) is 19.0. The Balaban J connectivity index is 2.02. The van der Waals surface area contributed by atoms with E-state index in [2.05, 4.69) is 11.1 Å². The number of benzene rings is 1. The van der Waals surface area contributed by atoms with Crippen molar-refractivity contribution in [3.05, 3.63) is 67.6 Å². The first-order valence-electron chi connectivity index (χ1n) is 7.35. The molecule has 0 spiro atoms. The van der Waals surface area contributed by atoms with Gasteiger partial charge < -0.3 is 9.30 Å². The first-order valence-corrected chi connectivity index (χ1v) is 7.73. The van der Waals surface area contributed by atoms with Crippen LogP contribution in [0.15, 0.2) is 35.0 Å². The molecule has 0 unspecified atom stereocenters. The van der Waals surface area contributed by atoms with E-state index >= 15 is 0 Å². The van der Waals surface area contributed by atoms with Crippen molar-refractivity contribution >= 4 is 35.2 Å². The Bertz CT molecular complexity index is 1060. The summed E-state index contributed by atoms with van der Waals surface area (Å²) in [4.78, 5) is 26.6. The summed E-state index contributed by atoms with van der Waals surface area (Å²) in [6.45, 7) is 1.81. The number of nitrogens with zero attached hydrogens (tertiary/aromatic N) is 4. The number of nitro benzene ring substituents is 1. The third-order valence-corrected chi connectivity index (χ3v) is 4.31. The molecule has 1 aliphatic heterocycles. The summed E-state index contributed by atoms with van der Waals surface area (Å²) in [5, 5.41) is 20.0. The molecule has 1 aromatic heterocycles. The molecule has 26 heavy (non-hydrogen) atoms. The molecule has 2 aromatic rings. The van der Waals surface area contributed by atoms with E-state index in [4.69, 9.17) is 21.6 Å². The second-order valence-corrected chi connectivity index (χ2v) is 5.91. The maximum absolute atomic E-state index is 12.1. The van der Waals surface area contributed by atoms with Crippen molar-refractivity contribution in [3.63, 3.8) is 0 Å². The van der Waals surface area contributed by atoms with Gasteiger partial charge in [0.15, 0.2) is 5.70 Å². The van der Waals surface area contributed by atoms with Crippen molar-refractivity contribution in [1.29, 1.82) is 5.26 Å². The lowest BCUT2D eigenvalue weighted by molar-refractivity contribution is -0.384. The molecule has 0 bridgehead atoms. The molecule has 1 aliphatic rings. The molecule has 0 radical (unpaired) electrons. The van der Waals surface area contributed by atoms with Gasteiger partial charge in [-0.05, 0) is 36.8 Å². The highest BCUT2D eigenvalue weighted by Gasteiger charge is 2.26. The minimum Gasteiger partial charge on any atom is -0.402 e. The molecule has 3 rings (SSSR count). The van der Waals surface area contributed by atoms with Crippen molar-refractivity contribution in [2.75, 3.05) is 0 Å². The smallest absolute Gasteiger partial charge is 0.363 e. The SMILES string of the molecule is Cc1c(/C=C2/N=C(c3ccc(Cl)c([N+](=O)[O-])c3)OC2=O)cc(C#N)n1C. The lowest BCUT2D eigenvalue weighted by Gasteiger charge is -2.00. The molecule has 0 atom stereocenters. The average molecular weight is 371 g/mol. The number of hydrogen-bond acceptors (Lipinski definition) is 6. The number of carbonyl (C=O) groups is 1. The summed E-state index contributed by atoms with van der Waals surface area (Å²) >= 11 is 5.78. The normalized spacial score (nSPS) is 14.9. The second kappa shape index (κ2) is 6.46. The summed E-state index contributed by atoms with van der Waals surface area (Å²) in [5.74, 6) is -0.727. The van der Waals surface area contributed by atoms with E-state index in [1.807, 2.05) is 0 Å². The lowest BCUT2D eigenvalue weighted by Crippen LogP contribution is -2.06. The minimum absolute atomic E-state index is 0.0246. The maximum Gasteiger partial charge on any atom is 0.363 e. The van der Waals surface area contributed by atoms with Gasteiger partial charge in [0.25, 0.3) is 5.69 Å². The Morgan fingerprint density at radius 2 is 2.15 bits per heavy atom. The van der Waals surface area contributed by atoms with Gasteiger partial charge in [-0.15, -0.1) is 0 Å².